The molecule has 1 amide bonds. The molecular formula is C21H31BrN2O2. The highest BCUT2D eigenvalue weighted by molar-refractivity contribution is 9.10. The van der Waals surface area contributed by atoms with Crippen molar-refractivity contribution in [2.75, 3.05) is 39.4 Å². The van der Waals surface area contributed by atoms with Gasteiger partial charge in [0.15, 0.2) is 0 Å². The second-order valence-corrected chi connectivity index (χ2v) is 9.08. The van der Waals surface area contributed by atoms with Crippen LogP contribution in [0.2, 0.25) is 0 Å². The number of nitrogens with one attached hydrogen (secondary N) is 1. The molecule has 144 valence electrons. The van der Waals surface area contributed by atoms with E-state index in [9.17, 15) is 4.79 Å². The van der Waals surface area contributed by atoms with Crippen LogP contribution >= 0.6 is 15.9 Å². The number of hydrogen-bond donors (Lipinski definition) is 1. The third-order valence-electron chi connectivity index (χ3n) is 5.84. The van der Waals surface area contributed by atoms with Crippen LogP contribution in [0.1, 0.15) is 38.7 Å². The van der Waals surface area contributed by atoms with Gasteiger partial charge >= 0.3 is 0 Å². The molecule has 2 fully saturated rings. The number of nitrogens with zero attached hydrogens (tertiary/aromatic N) is 1. The zero-order valence-electron chi connectivity index (χ0n) is 16.0. The predicted molar refractivity (Wildman–Crippen MR) is 108 cm³/mol. The van der Waals surface area contributed by atoms with Gasteiger partial charge in [-0.1, -0.05) is 41.9 Å². The van der Waals surface area contributed by atoms with Crippen LogP contribution in [0, 0.1) is 11.8 Å². The third kappa shape index (κ3) is 4.68. The molecule has 0 aliphatic carbocycles. The van der Waals surface area contributed by atoms with Gasteiger partial charge in [0.1, 0.15) is 0 Å². The Bertz CT molecular complexity index is 589. The fourth-order valence-corrected chi connectivity index (χ4v) is 4.87. The highest BCUT2D eigenvalue weighted by Crippen LogP contribution is 2.35. The Kier molecular flexibility index (Phi) is 6.76. The molecule has 2 saturated heterocycles. The minimum absolute atomic E-state index is 0.154. The van der Waals surface area contributed by atoms with E-state index in [0.29, 0.717) is 13.2 Å². The van der Waals surface area contributed by atoms with E-state index in [2.05, 4.69) is 52.1 Å². The van der Waals surface area contributed by atoms with Crippen LogP contribution in [0.5, 0.6) is 0 Å². The summed E-state index contributed by atoms with van der Waals surface area (Å²) in [6, 6.07) is 8.19. The summed E-state index contributed by atoms with van der Waals surface area (Å²) in [7, 11) is 0. The number of carbonyl (C=O) groups is 1. The summed E-state index contributed by atoms with van der Waals surface area (Å²) in [5.74, 6) is 1.65. The van der Waals surface area contributed by atoms with E-state index in [1.54, 1.807) is 0 Å². The number of halogens is 1. The van der Waals surface area contributed by atoms with Crippen LogP contribution in [0.15, 0.2) is 28.7 Å². The zero-order valence-corrected chi connectivity index (χ0v) is 17.6. The quantitative estimate of drug-likeness (QED) is 0.787. The summed E-state index contributed by atoms with van der Waals surface area (Å²) in [6.07, 6.45) is 2.81. The first-order valence-electron chi connectivity index (χ1n) is 9.84. The van der Waals surface area contributed by atoms with Gasteiger partial charge in [-0.15, -0.1) is 0 Å². The van der Waals surface area contributed by atoms with Crippen molar-refractivity contribution < 1.29 is 9.53 Å². The summed E-state index contributed by atoms with van der Waals surface area (Å²) in [5.41, 5.74) is 0.642. The van der Waals surface area contributed by atoms with Gasteiger partial charge in [0.05, 0.1) is 5.41 Å². The maximum atomic E-state index is 13.2. The Morgan fingerprint density at radius 1 is 1.19 bits per heavy atom. The fraction of sp³-hybridized carbons (Fsp3) is 0.667. The lowest BCUT2D eigenvalue weighted by molar-refractivity contribution is -0.130. The Labute approximate surface area is 165 Å². The van der Waals surface area contributed by atoms with Crippen molar-refractivity contribution in [1.29, 1.82) is 0 Å². The van der Waals surface area contributed by atoms with Crippen LogP contribution in [0.4, 0.5) is 0 Å². The van der Waals surface area contributed by atoms with Gasteiger partial charge in [0.25, 0.3) is 0 Å². The molecular weight excluding hydrogens is 392 g/mol. The molecule has 2 heterocycles. The first-order chi connectivity index (χ1) is 12.5. The van der Waals surface area contributed by atoms with Crippen molar-refractivity contribution in [3.63, 3.8) is 0 Å². The molecule has 0 spiro atoms. The minimum Gasteiger partial charge on any atom is -0.381 e. The molecule has 26 heavy (non-hydrogen) atoms. The van der Waals surface area contributed by atoms with Gasteiger partial charge in [-0.05, 0) is 48.8 Å². The second kappa shape index (κ2) is 8.85. The minimum atomic E-state index is -0.457. The topological polar surface area (TPSA) is 41.6 Å². The van der Waals surface area contributed by atoms with Gasteiger partial charge in [0, 0.05) is 43.9 Å². The molecule has 1 aromatic rings. The van der Waals surface area contributed by atoms with E-state index in [0.717, 1.165) is 60.9 Å². The monoisotopic (exact) mass is 422 g/mol. The number of amides is 1. The number of ether oxygens (including phenoxy) is 1. The molecule has 2 unspecified atom stereocenters. The normalized spacial score (nSPS) is 26.4. The number of piperidine rings is 1. The lowest BCUT2D eigenvalue weighted by atomic mass is 9.73. The van der Waals surface area contributed by atoms with Crippen LogP contribution in [0.3, 0.4) is 0 Å². The zero-order chi connectivity index (χ0) is 18.6. The number of rotatable bonds is 5. The van der Waals surface area contributed by atoms with Gasteiger partial charge in [-0.25, -0.2) is 0 Å². The molecule has 1 aromatic carbocycles. The highest BCUT2D eigenvalue weighted by atomic mass is 79.9. The number of benzene rings is 1. The molecule has 0 bridgehead atoms. The molecule has 3 rings (SSSR count). The van der Waals surface area contributed by atoms with Crippen LogP contribution in [-0.4, -0.2) is 50.2 Å². The first kappa shape index (κ1) is 19.8. The Morgan fingerprint density at radius 3 is 2.42 bits per heavy atom. The fourth-order valence-electron chi connectivity index (χ4n) is 4.61. The van der Waals surface area contributed by atoms with Crippen molar-refractivity contribution in [3.8, 4) is 0 Å². The Morgan fingerprint density at radius 2 is 1.81 bits per heavy atom. The predicted octanol–water partition coefficient (Wildman–Crippen LogP) is 3.59. The highest BCUT2D eigenvalue weighted by Gasteiger charge is 2.41. The maximum Gasteiger partial charge on any atom is 0.230 e. The van der Waals surface area contributed by atoms with Crippen LogP contribution < -0.4 is 5.32 Å². The molecule has 2 aliphatic rings. The van der Waals surface area contributed by atoms with Crippen molar-refractivity contribution in [2.24, 2.45) is 11.8 Å². The summed E-state index contributed by atoms with van der Waals surface area (Å²) in [5, 5.41) is 3.24. The SMILES string of the molecule is CC1CC(C)CN(CCNC(=O)C2(c3ccc(Br)cc3)CCOCC2)C1. The molecule has 0 radical (unpaired) electrons. The number of hydrogen-bond acceptors (Lipinski definition) is 3. The number of likely N-dealkylation sites (tertiary alicyclic amines) is 1. The van der Waals surface area contributed by atoms with E-state index in [1.165, 1.54) is 6.42 Å². The molecule has 0 saturated carbocycles. The van der Waals surface area contributed by atoms with Crippen LogP contribution in [0.25, 0.3) is 0 Å². The van der Waals surface area contributed by atoms with E-state index in [1.807, 2.05) is 12.1 Å². The molecule has 5 heteroatoms. The maximum absolute atomic E-state index is 13.2. The largest absolute Gasteiger partial charge is 0.381 e. The first-order valence-corrected chi connectivity index (χ1v) is 10.6. The summed E-state index contributed by atoms with van der Waals surface area (Å²) in [4.78, 5) is 15.7. The second-order valence-electron chi connectivity index (χ2n) is 8.16. The summed E-state index contributed by atoms with van der Waals surface area (Å²) >= 11 is 3.49. The summed E-state index contributed by atoms with van der Waals surface area (Å²) < 4.78 is 6.58. The van der Waals surface area contributed by atoms with E-state index in [4.69, 9.17) is 4.74 Å². The van der Waals surface area contributed by atoms with Crippen molar-refractivity contribution in [2.45, 2.75) is 38.5 Å². The molecule has 0 aromatic heterocycles. The van der Waals surface area contributed by atoms with Gasteiger partial charge in [0.2, 0.25) is 5.91 Å². The lowest BCUT2D eigenvalue weighted by Crippen LogP contribution is -2.50. The smallest absolute Gasteiger partial charge is 0.230 e. The average molecular weight is 423 g/mol. The van der Waals surface area contributed by atoms with Crippen LogP contribution in [-0.2, 0) is 14.9 Å². The van der Waals surface area contributed by atoms with Crippen molar-refractivity contribution in [3.05, 3.63) is 34.3 Å². The molecule has 1 N–H and O–H groups in total. The van der Waals surface area contributed by atoms with Gasteiger partial charge in [-0.2, -0.15) is 0 Å². The van der Waals surface area contributed by atoms with E-state index >= 15 is 0 Å². The average Bonchev–Trinajstić information content (AvgIpc) is 2.62. The van der Waals surface area contributed by atoms with E-state index in [-0.39, 0.29) is 5.91 Å². The van der Waals surface area contributed by atoms with Crippen molar-refractivity contribution in [1.82, 2.24) is 10.2 Å². The van der Waals surface area contributed by atoms with E-state index < -0.39 is 5.41 Å². The van der Waals surface area contributed by atoms with Crippen molar-refractivity contribution >= 4 is 21.8 Å². The molecule has 2 atom stereocenters. The molecule has 2 aliphatic heterocycles. The Hall–Kier alpha value is -0.910. The number of carbonyl (C=O) groups excluding carboxylic acids is 1. The lowest BCUT2D eigenvalue weighted by Gasteiger charge is -2.37. The standard InChI is InChI=1S/C21H31BrN2O2/c1-16-13-17(2)15-24(14-16)10-9-23-20(25)21(7-11-26-12-8-21)18-3-5-19(22)6-4-18/h3-6,16-17H,7-15H2,1-2H3,(H,23,25). The summed E-state index contributed by atoms with van der Waals surface area (Å²) in [6.45, 7) is 9.88. The third-order valence-corrected chi connectivity index (χ3v) is 6.36. The Balaban J connectivity index is 1.62. The van der Waals surface area contributed by atoms with Gasteiger partial charge < -0.3 is 15.0 Å². The van der Waals surface area contributed by atoms with Gasteiger partial charge in [-0.3, -0.25) is 4.79 Å². The molecule has 4 nitrogen and oxygen atoms in total.